The minimum absolute atomic E-state index is 0.0112. The van der Waals surface area contributed by atoms with Crippen molar-refractivity contribution in [2.45, 2.75) is 32.8 Å². The molecule has 2 aliphatic carbocycles. The van der Waals surface area contributed by atoms with Crippen LogP contribution in [0.4, 0.5) is 0 Å². The molecule has 0 aliphatic heterocycles. The molecule has 0 unspecified atom stereocenters. The van der Waals surface area contributed by atoms with Gasteiger partial charge < -0.3 is 9.52 Å². The molecule has 3 atom stereocenters. The monoisotopic (exact) mass is 312 g/mol. The molecule has 4 nitrogen and oxygen atoms in total. The molecule has 0 fully saturated rings. The number of aliphatic hydroxyl groups is 1. The molecule has 4 heteroatoms. The summed E-state index contributed by atoms with van der Waals surface area (Å²) in [5.74, 6) is 0.220. The van der Waals surface area contributed by atoms with Crippen LogP contribution in [-0.4, -0.2) is 16.7 Å². The zero-order chi connectivity index (χ0) is 16.8. The van der Waals surface area contributed by atoms with Crippen LogP contribution in [0, 0.1) is 11.3 Å². The van der Waals surface area contributed by atoms with Crippen LogP contribution in [-0.2, 0) is 16.2 Å². The number of Topliss-reactive ketones (excluding diaryl/α,β-unsaturated/α-hetero) is 1. The van der Waals surface area contributed by atoms with E-state index in [-0.39, 0.29) is 24.1 Å². The third-order valence-electron chi connectivity index (χ3n) is 5.15. The Morgan fingerprint density at radius 3 is 2.78 bits per heavy atom. The van der Waals surface area contributed by atoms with E-state index in [0.29, 0.717) is 23.5 Å². The molecule has 1 aromatic rings. The lowest BCUT2D eigenvalue weighted by Gasteiger charge is -2.46. The first-order chi connectivity index (χ1) is 10.9. The van der Waals surface area contributed by atoms with Gasteiger partial charge in [0.05, 0.1) is 11.3 Å². The number of fused-ring (bicyclic) bond motifs is 1. The number of rotatable bonds is 3. The van der Waals surface area contributed by atoms with E-state index in [1.807, 2.05) is 13.0 Å². The van der Waals surface area contributed by atoms with Crippen molar-refractivity contribution in [2.75, 3.05) is 0 Å². The number of carbonyl (C=O) groups is 2. The molecule has 120 valence electrons. The third kappa shape index (κ3) is 2.17. The number of hydrogen-bond acceptors (Lipinski definition) is 4. The van der Waals surface area contributed by atoms with E-state index in [2.05, 4.69) is 6.58 Å². The van der Waals surface area contributed by atoms with Gasteiger partial charge in [0.25, 0.3) is 0 Å². The topological polar surface area (TPSA) is 67.5 Å². The van der Waals surface area contributed by atoms with E-state index in [4.69, 9.17) is 4.42 Å². The van der Waals surface area contributed by atoms with Crippen molar-refractivity contribution in [3.8, 4) is 0 Å². The van der Waals surface area contributed by atoms with E-state index < -0.39 is 11.3 Å². The maximum absolute atomic E-state index is 13.0. The van der Waals surface area contributed by atoms with Crippen molar-refractivity contribution in [1.82, 2.24) is 0 Å². The molecule has 0 bridgehead atoms. The van der Waals surface area contributed by atoms with Gasteiger partial charge in [0.2, 0.25) is 0 Å². The molecule has 3 rings (SSSR count). The molecular formula is C19H20O4. The van der Waals surface area contributed by atoms with Crippen molar-refractivity contribution in [2.24, 2.45) is 11.3 Å². The average molecular weight is 312 g/mol. The summed E-state index contributed by atoms with van der Waals surface area (Å²) in [7, 11) is 0. The summed E-state index contributed by atoms with van der Waals surface area (Å²) in [5.41, 5.74) is 0.482. The maximum Gasteiger partial charge on any atom is 0.166 e. The number of ketones is 2. The molecule has 23 heavy (non-hydrogen) atoms. The Morgan fingerprint density at radius 1 is 1.43 bits per heavy atom. The summed E-state index contributed by atoms with van der Waals surface area (Å²) >= 11 is 0. The molecule has 0 aromatic carbocycles. The first-order valence-corrected chi connectivity index (χ1v) is 7.72. The molecule has 1 heterocycles. The van der Waals surface area contributed by atoms with Crippen molar-refractivity contribution in [1.29, 1.82) is 0 Å². The molecular weight excluding hydrogens is 292 g/mol. The summed E-state index contributed by atoms with van der Waals surface area (Å²) in [6.07, 6.45) is 5.67. The zero-order valence-electron chi connectivity index (χ0n) is 13.3. The number of aliphatic hydroxyl groups excluding tert-OH is 1. The highest BCUT2D eigenvalue weighted by Gasteiger charge is 2.55. The van der Waals surface area contributed by atoms with Gasteiger partial charge in [-0.2, -0.15) is 0 Å². The molecule has 0 saturated heterocycles. The van der Waals surface area contributed by atoms with Crippen LogP contribution in [0.15, 0.2) is 52.5 Å². The molecule has 0 saturated carbocycles. The Hall–Kier alpha value is -2.20. The Bertz CT molecular complexity index is 749. The van der Waals surface area contributed by atoms with Crippen molar-refractivity contribution in [3.05, 3.63) is 59.6 Å². The minimum Gasteiger partial charge on any atom is -0.463 e. The van der Waals surface area contributed by atoms with Gasteiger partial charge in [-0.05, 0) is 42.7 Å². The molecule has 1 N–H and O–H groups in total. The summed E-state index contributed by atoms with van der Waals surface area (Å²) < 4.78 is 5.72. The fourth-order valence-electron chi connectivity index (χ4n) is 3.96. The number of carbonyl (C=O) groups excluding carboxylic acids is 2. The normalized spacial score (nSPS) is 30.6. The van der Waals surface area contributed by atoms with Gasteiger partial charge in [0.1, 0.15) is 18.1 Å². The van der Waals surface area contributed by atoms with E-state index in [0.717, 1.165) is 5.57 Å². The Kier molecular flexibility index (Phi) is 3.72. The van der Waals surface area contributed by atoms with Crippen LogP contribution in [0.1, 0.15) is 37.7 Å². The summed E-state index contributed by atoms with van der Waals surface area (Å²) in [4.78, 5) is 25.4. The van der Waals surface area contributed by atoms with Crippen molar-refractivity contribution in [3.63, 3.8) is 0 Å². The first kappa shape index (κ1) is 15.7. The van der Waals surface area contributed by atoms with Crippen LogP contribution in [0.2, 0.25) is 0 Å². The first-order valence-electron chi connectivity index (χ1n) is 7.72. The predicted octanol–water partition coefficient (Wildman–Crippen LogP) is 3.09. The average Bonchev–Trinajstić information content (AvgIpc) is 3.00. The standard InChI is InChI=1S/C19H20O4/c1-4-12-5-7-14-15(21)9-11(2)18(22)19(14,3)17(12)16-8-6-13(10-20)23-16/h4-6,8-9,14,17,20H,1,7,10H2,2-3H3/t14-,17+,19+/m0/s1. The van der Waals surface area contributed by atoms with Crippen LogP contribution in [0.3, 0.4) is 0 Å². The quantitative estimate of drug-likeness (QED) is 0.931. The van der Waals surface area contributed by atoms with E-state index in [1.54, 1.807) is 25.1 Å². The van der Waals surface area contributed by atoms with E-state index in [1.165, 1.54) is 6.08 Å². The Labute approximate surface area is 135 Å². The van der Waals surface area contributed by atoms with Crippen molar-refractivity contribution >= 4 is 11.6 Å². The van der Waals surface area contributed by atoms with Gasteiger partial charge in [-0.15, -0.1) is 0 Å². The summed E-state index contributed by atoms with van der Waals surface area (Å²) in [5, 5.41) is 9.25. The molecule has 1 aromatic heterocycles. The lowest BCUT2D eigenvalue weighted by atomic mass is 9.54. The second-order valence-corrected chi connectivity index (χ2v) is 6.43. The fraction of sp³-hybridized carbons (Fsp3) is 0.368. The smallest absolute Gasteiger partial charge is 0.166 e. The minimum atomic E-state index is -0.890. The summed E-state index contributed by atoms with van der Waals surface area (Å²) in [6.45, 7) is 7.18. The summed E-state index contributed by atoms with van der Waals surface area (Å²) in [6, 6.07) is 3.47. The van der Waals surface area contributed by atoms with Gasteiger partial charge >= 0.3 is 0 Å². The van der Waals surface area contributed by atoms with Gasteiger partial charge in [0, 0.05) is 5.92 Å². The largest absolute Gasteiger partial charge is 0.463 e. The van der Waals surface area contributed by atoms with Crippen LogP contribution < -0.4 is 0 Å². The number of furan rings is 1. The Morgan fingerprint density at radius 2 is 2.17 bits per heavy atom. The number of hydrogen-bond donors (Lipinski definition) is 1. The van der Waals surface area contributed by atoms with Crippen LogP contribution in [0.25, 0.3) is 0 Å². The van der Waals surface area contributed by atoms with Gasteiger partial charge in [-0.1, -0.05) is 25.7 Å². The second-order valence-electron chi connectivity index (χ2n) is 6.43. The van der Waals surface area contributed by atoms with Gasteiger partial charge in [-0.25, -0.2) is 0 Å². The van der Waals surface area contributed by atoms with Gasteiger partial charge in [-0.3, -0.25) is 9.59 Å². The predicted molar refractivity (Wildman–Crippen MR) is 85.6 cm³/mol. The third-order valence-corrected chi connectivity index (χ3v) is 5.15. The highest BCUT2D eigenvalue weighted by atomic mass is 16.4. The Balaban J connectivity index is 2.20. The lowest BCUT2D eigenvalue weighted by Crippen LogP contribution is -2.49. The molecule has 0 radical (unpaired) electrons. The molecule has 2 aliphatic rings. The van der Waals surface area contributed by atoms with Crippen LogP contribution in [0.5, 0.6) is 0 Å². The van der Waals surface area contributed by atoms with E-state index in [9.17, 15) is 14.7 Å². The van der Waals surface area contributed by atoms with Crippen molar-refractivity contribution < 1.29 is 19.1 Å². The van der Waals surface area contributed by atoms with Gasteiger partial charge in [0.15, 0.2) is 11.6 Å². The SMILES string of the molecule is C=CC1=CC[C@H]2C(=O)C=C(C)C(=O)[C@@]2(C)[C@H]1c1ccc(CO)o1. The van der Waals surface area contributed by atoms with Crippen LogP contribution >= 0.6 is 0 Å². The number of allylic oxidation sites excluding steroid dienone is 5. The molecule has 0 amide bonds. The highest BCUT2D eigenvalue weighted by Crippen LogP contribution is 2.55. The van der Waals surface area contributed by atoms with E-state index >= 15 is 0 Å². The molecule has 0 spiro atoms. The second kappa shape index (κ2) is 5.46. The zero-order valence-corrected chi connectivity index (χ0v) is 13.3. The highest BCUT2D eigenvalue weighted by molar-refractivity contribution is 6.13. The lowest BCUT2D eigenvalue weighted by molar-refractivity contribution is -0.137. The maximum atomic E-state index is 13.0. The fourth-order valence-corrected chi connectivity index (χ4v) is 3.96.